The van der Waals surface area contributed by atoms with Gasteiger partial charge in [0.05, 0.1) is 16.6 Å². The molecule has 4 rings (SSSR count). The molecule has 0 radical (unpaired) electrons. The number of rotatable bonds is 3. The number of halogens is 1. The Balaban J connectivity index is 1.97. The van der Waals surface area contributed by atoms with E-state index in [1.807, 2.05) is 30.3 Å². The smallest absolute Gasteiger partial charge is 0.336 e. The molecule has 0 amide bonds. The Labute approximate surface area is 141 Å². The van der Waals surface area contributed by atoms with E-state index in [-0.39, 0.29) is 17.1 Å². The van der Waals surface area contributed by atoms with Crippen LogP contribution in [0.25, 0.3) is 33.6 Å². The van der Waals surface area contributed by atoms with Crippen LogP contribution in [-0.2, 0) is 0 Å². The fourth-order valence-corrected chi connectivity index (χ4v) is 2.68. The summed E-state index contributed by atoms with van der Waals surface area (Å²) in [6.07, 6.45) is 0. The molecule has 0 bridgehead atoms. The number of pyridine rings is 1. The Morgan fingerprint density at radius 2 is 1.72 bits per heavy atom. The molecule has 0 saturated carbocycles. The van der Waals surface area contributed by atoms with Gasteiger partial charge in [-0.25, -0.2) is 14.2 Å². The number of aromatic carboxylic acids is 1. The van der Waals surface area contributed by atoms with E-state index in [4.69, 9.17) is 4.52 Å². The zero-order valence-electron chi connectivity index (χ0n) is 12.8. The molecule has 5 nitrogen and oxygen atoms in total. The molecule has 6 heteroatoms. The standard InChI is InChI=1S/C19H11FN2O3/c20-13-8-6-12(7-9-13)17-16-14(19(23)24)10-15(21-18(16)25-22-17)11-4-2-1-3-5-11/h1-10H,(H,23,24). The van der Waals surface area contributed by atoms with E-state index in [2.05, 4.69) is 10.1 Å². The van der Waals surface area contributed by atoms with Crippen LogP contribution in [-0.4, -0.2) is 21.2 Å². The largest absolute Gasteiger partial charge is 0.478 e. The predicted molar refractivity (Wildman–Crippen MR) is 89.6 cm³/mol. The number of fused-ring (bicyclic) bond motifs is 1. The monoisotopic (exact) mass is 334 g/mol. The summed E-state index contributed by atoms with van der Waals surface area (Å²) >= 11 is 0. The van der Waals surface area contributed by atoms with E-state index in [1.165, 1.54) is 30.3 Å². The SMILES string of the molecule is O=C(O)c1cc(-c2ccccc2)nc2onc(-c3ccc(F)cc3)c12. The highest BCUT2D eigenvalue weighted by molar-refractivity contribution is 6.07. The van der Waals surface area contributed by atoms with Crippen molar-refractivity contribution >= 4 is 17.1 Å². The Bertz CT molecular complexity index is 1070. The molecule has 2 aromatic carbocycles. The van der Waals surface area contributed by atoms with Gasteiger partial charge < -0.3 is 9.63 Å². The molecular weight excluding hydrogens is 323 g/mol. The van der Waals surface area contributed by atoms with Crippen LogP contribution in [0.2, 0.25) is 0 Å². The van der Waals surface area contributed by atoms with Crippen molar-refractivity contribution in [2.75, 3.05) is 0 Å². The normalized spacial score (nSPS) is 10.9. The van der Waals surface area contributed by atoms with Gasteiger partial charge in [0, 0.05) is 11.1 Å². The van der Waals surface area contributed by atoms with E-state index < -0.39 is 5.97 Å². The number of hydrogen-bond acceptors (Lipinski definition) is 4. The van der Waals surface area contributed by atoms with Gasteiger partial charge in [-0.05, 0) is 30.3 Å². The highest BCUT2D eigenvalue weighted by atomic mass is 19.1. The van der Waals surface area contributed by atoms with Gasteiger partial charge in [0.25, 0.3) is 5.71 Å². The minimum absolute atomic E-state index is 0.0319. The zero-order chi connectivity index (χ0) is 17.4. The Hall–Kier alpha value is -3.54. The second kappa shape index (κ2) is 5.83. The van der Waals surface area contributed by atoms with Gasteiger partial charge in [-0.3, -0.25) is 0 Å². The van der Waals surface area contributed by atoms with Crippen LogP contribution in [0.1, 0.15) is 10.4 Å². The topological polar surface area (TPSA) is 76.2 Å². The van der Waals surface area contributed by atoms with Crippen LogP contribution in [0.3, 0.4) is 0 Å². The summed E-state index contributed by atoms with van der Waals surface area (Å²) in [6.45, 7) is 0. The number of nitrogens with zero attached hydrogens (tertiary/aromatic N) is 2. The zero-order valence-corrected chi connectivity index (χ0v) is 12.8. The van der Waals surface area contributed by atoms with Gasteiger partial charge in [0.2, 0.25) is 0 Å². The van der Waals surface area contributed by atoms with Gasteiger partial charge in [-0.2, -0.15) is 0 Å². The molecule has 0 fully saturated rings. The molecule has 2 heterocycles. The molecule has 122 valence electrons. The molecule has 1 N–H and O–H groups in total. The van der Waals surface area contributed by atoms with E-state index in [0.717, 1.165) is 5.56 Å². The maximum atomic E-state index is 13.1. The number of carboxylic acids is 1. The summed E-state index contributed by atoms with van der Waals surface area (Å²) in [5.74, 6) is -1.50. The van der Waals surface area contributed by atoms with Crippen LogP contribution in [0.4, 0.5) is 4.39 Å². The minimum Gasteiger partial charge on any atom is -0.478 e. The molecule has 0 aliphatic heterocycles. The van der Waals surface area contributed by atoms with Crippen LogP contribution in [0, 0.1) is 5.82 Å². The Kier molecular flexibility index (Phi) is 3.50. The van der Waals surface area contributed by atoms with E-state index in [1.54, 1.807) is 0 Å². The predicted octanol–water partition coefficient (Wildman–Crippen LogP) is 4.39. The van der Waals surface area contributed by atoms with Crippen LogP contribution in [0.5, 0.6) is 0 Å². The van der Waals surface area contributed by atoms with Gasteiger partial charge in [-0.15, -0.1) is 0 Å². The summed E-state index contributed by atoms with van der Waals surface area (Å²) in [7, 11) is 0. The lowest BCUT2D eigenvalue weighted by atomic mass is 10.0. The van der Waals surface area contributed by atoms with Gasteiger partial charge in [0.1, 0.15) is 11.5 Å². The molecule has 0 aliphatic carbocycles. The first-order valence-electron chi connectivity index (χ1n) is 7.48. The molecular formula is C19H11FN2O3. The maximum Gasteiger partial charge on any atom is 0.336 e. The third-order valence-electron chi connectivity index (χ3n) is 3.86. The van der Waals surface area contributed by atoms with E-state index in [9.17, 15) is 14.3 Å². The number of carbonyl (C=O) groups is 1. The first-order chi connectivity index (χ1) is 12.1. The second-order valence-electron chi connectivity index (χ2n) is 5.44. The average Bonchev–Trinajstić information content (AvgIpc) is 3.06. The lowest BCUT2D eigenvalue weighted by molar-refractivity contribution is 0.0699. The van der Waals surface area contributed by atoms with Crippen molar-refractivity contribution in [3.8, 4) is 22.5 Å². The summed E-state index contributed by atoms with van der Waals surface area (Å²) in [4.78, 5) is 16.2. The Morgan fingerprint density at radius 1 is 1.00 bits per heavy atom. The van der Waals surface area contributed by atoms with Gasteiger partial charge in [-0.1, -0.05) is 35.5 Å². The first-order valence-corrected chi connectivity index (χ1v) is 7.48. The molecule has 2 aromatic heterocycles. The number of hydrogen-bond donors (Lipinski definition) is 1. The van der Waals surface area contributed by atoms with Crippen LogP contribution < -0.4 is 0 Å². The molecule has 0 spiro atoms. The lowest BCUT2D eigenvalue weighted by Gasteiger charge is -2.04. The summed E-state index contributed by atoms with van der Waals surface area (Å²) in [5, 5.41) is 13.9. The Morgan fingerprint density at radius 3 is 2.40 bits per heavy atom. The fraction of sp³-hybridized carbons (Fsp3) is 0. The highest BCUT2D eigenvalue weighted by Crippen LogP contribution is 2.32. The van der Waals surface area contributed by atoms with Crippen molar-refractivity contribution in [3.05, 3.63) is 72.0 Å². The third kappa shape index (κ3) is 2.63. The molecule has 0 saturated heterocycles. The highest BCUT2D eigenvalue weighted by Gasteiger charge is 2.21. The average molecular weight is 334 g/mol. The minimum atomic E-state index is -1.11. The second-order valence-corrected chi connectivity index (χ2v) is 5.44. The first kappa shape index (κ1) is 15.0. The maximum absolute atomic E-state index is 13.1. The van der Waals surface area contributed by atoms with Gasteiger partial charge in [0.15, 0.2) is 0 Å². The summed E-state index contributed by atoms with van der Waals surface area (Å²) in [6, 6.07) is 16.3. The lowest BCUT2D eigenvalue weighted by Crippen LogP contribution is -2.00. The molecule has 25 heavy (non-hydrogen) atoms. The van der Waals surface area contributed by atoms with Crippen molar-refractivity contribution in [2.24, 2.45) is 0 Å². The molecule has 4 aromatic rings. The van der Waals surface area contributed by atoms with E-state index >= 15 is 0 Å². The van der Waals surface area contributed by atoms with Gasteiger partial charge >= 0.3 is 5.97 Å². The quantitative estimate of drug-likeness (QED) is 0.601. The van der Waals surface area contributed by atoms with Crippen LogP contribution >= 0.6 is 0 Å². The van der Waals surface area contributed by atoms with E-state index in [0.29, 0.717) is 22.3 Å². The fourth-order valence-electron chi connectivity index (χ4n) is 2.68. The molecule has 0 aliphatic rings. The van der Waals surface area contributed by atoms with Crippen LogP contribution in [0.15, 0.2) is 65.2 Å². The van der Waals surface area contributed by atoms with Crippen molar-refractivity contribution < 1.29 is 18.8 Å². The number of aromatic nitrogens is 2. The molecule has 0 unspecified atom stereocenters. The summed E-state index contributed by atoms with van der Waals surface area (Å²) < 4.78 is 18.4. The van der Waals surface area contributed by atoms with Crippen molar-refractivity contribution in [3.63, 3.8) is 0 Å². The summed E-state index contributed by atoms with van der Waals surface area (Å²) in [5.41, 5.74) is 2.28. The van der Waals surface area contributed by atoms with Crippen molar-refractivity contribution in [1.82, 2.24) is 10.1 Å². The molecule has 0 atom stereocenters. The number of carboxylic acid groups (broad SMARTS) is 1. The van der Waals surface area contributed by atoms with Crippen molar-refractivity contribution in [2.45, 2.75) is 0 Å². The third-order valence-corrected chi connectivity index (χ3v) is 3.86. The van der Waals surface area contributed by atoms with Crippen molar-refractivity contribution in [1.29, 1.82) is 0 Å². The number of benzene rings is 2.